The summed E-state index contributed by atoms with van der Waals surface area (Å²) in [6.45, 7) is 1.97. The Balaban J connectivity index is 1.78. The topological polar surface area (TPSA) is 92.3 Å². The van der Waals surface area contributed by atoms with Crippen LogP contribution in [0.1, 0.15) is 24.0 Å². The van der Waals surface area contributed by atoms with E-state index in [0.29, 0.717) is 6.42 Å². The van der Waals surface area contributed by atoms with E-state index in [2.05, 4.69) is 26.8 Å². The van der Waals surface area contributed by atoms with Crippen molar-refractivity contribution in [2.45, 2.75) is 19.8 Å². The zero-order chi connectivity index (χ0) is 17.7. The lowest BCUT2D eigenvalue weighted by molar-refractivity contribution is -0.127. The fourth-order valence-corrected chi connectivity index (χ4v) is 4.94. The summed E-state index contributed by atoms with van der Waals surface area (Å²) in [5, 5.41) is 0. The van der Waals surface area contributed by atoms with Crippen molar-refractivity contribution in [3.63, 3.8) is 0 Å². The highest BCUT2D eigenvalue weighted by molar-refractivity contribution is 9.10. The maximum atomic E-state index is 11.7. The van der Waals surface area contributed by atoms with Gasteiger partial charge >= 0.3 is 0 Å². The van der Waals surface area contributed by atoms with Crippen molar-refractivity contribution in [2.24, 2.45) is 5.92 Å². The number of rotatable bonds is 4. The second kappa shape index (κ2) is 7.94. The van der Waals surface area contributed by atoms with Gasteiger partial charge in [-0.3, -0.25) is 20.4 Å². The van der Waals surface area contributed by atoms with Gasteiger partial charge in [-0.1, -0.05) is 28.1 Å². The zero-order valence-electron chi connectivity index (χ0n) is 13.2. The summed E-state index contributed by atoms with van der Waals surface area (Å²) >= 11 is 3.42. The predicted molar refractivity (Wildman–Crippen MR) is 95.6 cm³/mol. The minimum atomic E-state index is -3.00. The van der Waals surface area contributed by atoms with Crippen LogP contribution < -0.4 is 10.9 Å². The fraction of sp³-hybridized carbons (Fsp3) is 0.375. The van der Waals surface area contributed by atoms with Crippen molar-refractivity contribution < 1.29 is 18.0 Å². The van der Waals surface area contributed by atoms with Crippen molar-refractivity contribution in [3.05, 3.63) is 39.9 Å². The summed E-state index contributed by atoms with van der Waals surface area (Å²) in [6, 6.07) is 5.75. The number of aryl methyl sites for hydroxylation is 1. The van der Waals surface area contributed by atoms with E-state index in [0.717, 1.165) is 15.6 Å². The molecule has 24 heavy (non-hydrogen) atoms. The summed E-state index contributed by atoms with van der Waals surface area (Å²) in [5.41, 5.74) is 6.54. The van der Waals surface area contributed by atoms with Gasteiger partial charge in [-0.05, 0) is 42.5 Å². The number of carbonyl (C=O) groups is 2. The first-order valence-corrected chi connectivity index (χ1v) is 10.1. The third-order valence-electron chi connectivity index (χ3n) is 3.70. The van der Waals surface area contributed by atoms with Crippen LogP contribution in [0.5, 0.6) is 0 Å². The molecule has 2 N–H and O–H groups in total. The van der Waals surface area contributed by atoms with Crippen LogP contribution in [-0.2, 0) is 19.4 Å². The van der Waals surface area contributed by atoms with Gasteiger partial charge in [0.05, 0.1) is 11.5 Å². The van der Waals surface area contributed by atoms with E-state index >= 15 is 0 Å². The van der Waals surface area contributed by atoms with Crippen LogP contribution in [-0.4, -0.2) is 31.7 Å². The molecule has 1 fully saturated rings. The number of benzene rings is 1. The van der Waals surface area contributed by atoms with Crippen molar-refractivity contribution in [2.75, 3.05) is 11.5 Å². The standard InChI is InChI=1S/C16H19BrN2O4S/c1-11-2-3-13(14(17)8-11)4-5-15(20)18-19-16(21)9-12-6-7-24(22,23)10-12/h2-5,8,12H,6-7,9-10H2,1H3,(H,18,20)(H,19,21)/b5-4+/t12-/m1/s1. The minimum absolute atomic E-state index is 0.0374. The van der Waals surface area contributed by atoms with Gasteiger partial charge in [0, 0.05) is 17.0 Å². The number of halogens is 1. The van der Waals surface area contributed by atoms with Crippen LogP contribution in [0.3, 0.4) is 0 Å². The van der Waals surface area contributed by atoms with E-state index in [1.54, 1.807) is 6.08 Å². The molecule has 2 amide bonds. The number of hydrogen-bond acceptors (Lipinski definition) is 4. The molecule has 8 heteroatoms. The minimum Gasteiger partial charge on any atom is -0.273 e. The van der Waals surface area contributed by atoms with E-state index in [9.17, 15) is 18.0 Å². The number of hydrazine groups is 1. The Labute approximate surface area is 149 Å². The van der Waals surface area contributed by atoms with Crippen molar-refractivity contribution in [3.8, 4) is 0 Å². The van der Waals surface area contributed by atoms with Crippen molar-refractivity contribution in [1.82, 2.24) is 10.9 Å². The van der Waals surface area contributed by atoms with Crippen LogP contribution >= 0.6 is 15.9 Å². The fourth-order valence-electron chi connectivity index (χ4n) is 2.45. The van der Waals surface area contributed by atoms with Gasteiger partial charge in [0.2, 0.25) is 5.91 Å². The second-order valence-corrected chi connectivity index (χ2v) is 8.95. The molecule has 0 unspecified atom stereocenters. The Kier molecular flexibility index (Phi) is 6.17. The lowest BCUT2D eigenvalue weighted by Gasteiger charge is -2.08. The van der Waals surface area contributed by atoms with Crippen LogP contribution in [0.2, 0.25) is 0 Å². The molecule has 0 bridgehead atoms. The maximum absolute atomic E-state index is 11.7. The number of sulfone groups is 1. The molecule has 0 aromatic heterocycles. The van der Waals surface area contributed by atoms with Crippen molar-refractivity contribution >= 4 is 43.7 Å². The van der Waals surface area contributed by atoms with E-state index in [1.807, 2.05) is 25.1 Å². The van der Waals surface area contributed by atoms with Crippen LogP contribution in [0.4, 0.5) is 0 Å². The predicted octanol–water partition coefficient (Wildman–Crippen LogP) is 1.74. The lowest BCUT2D eigenvalue weighted by atomic mass is 10.1. The molecule has 1 aromatic carbocycles. The normalized spacial score (nSPS) is 19.3. The van der Waals surface area contributed by atoms with E-state index in [4.69, 9.17) is 0 Å². The Morgan fingerprint density at radius 2 is 2.08 bits per heavy atom. The SMILES string of the molecule is Cc1ccc(/C=C/C(=O)NNC(=O)C[C@H]2CCS(=O)(=O)C2)c(Br)c1. The molecule has 1 heterocycles. The highest BCUT2D eigenvalue weighted by Crippen LogP contribution is 2.21. The summed E-state index contributed by atoms with van der Waals surface area (Å²) in [7, 11) is -3.00. The molecular formula is C16H19BrN2O4S. The molecule has 1 saturated heterocycles. The molecule has 1 aromatic rings. The van der Waals surface area contributed by atoms with Crippen molar-refractivity contribution in [1.29, 1.82) is 0 Å². The largest absolute Gasteiger partial charge is 0.273 e. The number of amides is 2. The summed E-state index contributed by atoms with van der Waals surface area (Å²) in [5.74, 6) is -0.863. The zero-order valence-corrected chi connectivity index (χ0v) is 15.6. The molecule has 1 aliphatic heterocycles. The molecule has 0 aliphatic carbocycles. The van der Waals surface area contributed by atoms with Gasteiger partial charge in [0.1, 0.15) is 0 Å². The Hall–Kier alpha value is -1.67. The third-order valence-corrected chi connectivity index (χ3v) is 6.22. The van der Waals surface area contributed by atoms with E-state index in [1.165, 1.54) is 6.08 Å². The quantitative estimate of drug-likeness (QED) is 0.579. The first kappa shape index (κ1) is 18.7. The molecule has 1 atom stereocenters. The summed E-state index contributed by atoms with van der Waals surface area (Å²) in [4.78, 5) is 23.4. The average Bonchev–Trinajstić information content (AvgIpc) is 2.83. The van der Waals surface area contributed by atoms with Crippen LogP contribution in [0.25, 0.3) is 6.08 Å². The Morgan fingerprint density at radius 3 is 2.71 bits per heavy atom. The second-order valence-electron chi connectivity index (χ2n) is 5.87. The van der Waals surface area contributed by atoms with Gasteiger partial charge in [0.25, 0.3) is 5.91 Å². The van der Waals surface area contributed by atoms with E-state index in [-0.39, 0.29) is 23.8 Å². The monoisotopic (exact) mass is 414 g/mol. The first-order valence-electron chi connectivity index (χ1n) is 7.48. The first-order chi connectivity index (χ1) is 11.2. The van der Waals surface area contributed by atoms with Crippen LogP contribution in [0.15, 0.2) is 28.7 Å². The maximum Gasteiger partial charge on any atom is 0.262 e. The van der Waals surface area contributed by atoms with E-state index < -0.39 is 21.7 Å². The highest BCUT2D eigenvalue weighted by atomic mass is 79.9. The Morgan fingerprint density at radius 1 is 1.33 bits per heavy atom. The molecular weight excluding hydrogens is 396 g/mol. The molecule has 0 radical (unpaired) electrons. The lowest BCUT2D eigenvalue weighted by Crippen LogP contribution is -2.41. The molecule has 130 valence electrons. The molecule has 2 rings (SSSR count). The molecule has 1 aliphatic rings. The molecule has 6 nitrogen and oxygen atoms in total. The molecule has 0 saturated carbocycles. The van der Waals surface area contributed by atoms with Gasteiger partial charge in [-0.25, -0.2) is 8.42 Å². The Bertz CT molecular complexity index is 774. The average molecular weight is 415 g/mol. The van der Waals surface area contributed by atoms with Crippen LogP contribution in [0, 0.1) is 12.8 Å². The molecule has 0 spiro atoms. The number of carbonyl (C=O) groups excluding carboxylic acids is 2. The van der Waals surface area contributed by atoms with Gasteiger partial charge in [0.15, 0.2) is 9.84 Å². The summed E-state index contributed by atoms with van der Waals surface area (Å²) in [6.07, 6.45) is 3.53. The van der Waals surface area contributed by atoms with Gasteiger partial charge in [-0.2, -0.15) is 0 Å². The van der Waals surface area contributed by atoms with Gasteiger partial charge in [-0.15, -0.1) is 0 Å². The number of hydrogen-bond donors (Lipinski definition) is 2. The highest BCUT2D eigenvalue weighted by Gasteiger charge is 2.29. The number of nitrogens with one attached hydrogen (secondary N) is 2. The van der Waals surface area contributed by atoms with Gasteiger partial charge < -0.3 is 0 Å². The summed E-state index contributed by atoms with van der Waals surface area (Å²) < 4.78 is 23.6. The smallest absolute Gasteiger partial charge is 0.262 e. The third kappa shape index (κ3) is 5.76.